The van der Waals surface area contributed by atoms with E-state index in [1.807, 2.05) is 6.92 Å². The van der Waals surface area contributed by atoms with E-state index >= 15 is 0 Å². The molecule has 0 saturated carbocycles. The Morgan fingerprint density at radius 1 is 1.33 bits per heavy atom. The standard InChI is InChI=1S/C12H13IN2/c1-3-14-12-6-8(2)15-11-5-4-9(13)7-10(11)12/h4-7H,3H2,1-2H3,(H,14,15). The van der Waals surface area contributed by atoms with Crippen LogP contribution in [0.5, 0.6) is 0 Å². The van der Waals surface area contributed by atoms with Crippen molar-refractivity contribution >= 4 is 39.2 Å². The van der Waals surface area contributed by atoms with Gasteiger partial charge in [0.2, 0.25) is 0 Å². The van der Waals surface area contributed by atoms with Crippen molar-refractivity contribution < 1.29 is 0 Å². The molecule has 0 fully saturated rings. The number of nitrogens with zero attached hydrogens (tertiary/aromatic N) is 1. The van der Waals surface area contributed by atoms with Gasteiger partial charge in [0, 0.05) is 26.9 Å². The summed E-state index contributed by atoms with van der Waals surface area (Å²) in [5.74, 6) is 0. The number of hydrogen-bond donors (Lipinski definition) is 1. The first-order valence-electron chi connectivity index (χ1n) is 5.01. The molecule has 0 amide bonds. The average Bonchev–Trinajstić information content (AvgIpc) is 2.19. The minimum Gasteiger partial charge on any atom is -0.385 e. The molecule has 1 aromatic heterocycles. The van der Waals surface area contributed by atoms with Crippen molar-refractivity contribution in [1.29, 1.82) is 0 Å². The third kappa shape index (κ3) is 2.22. The van der Waals surface area contributed by atoms with E-state index < -0.39 is 0 Å². The van der Waals surface area contributed by atoms with Crippen LogP contribution in [-0.4, -0.2) is 11.5 Å². The molecule has 2 nitrogen and oxygen atoms in total. The van der Waals surface area contributed by atoms with E-state index in [4.69, 9.17) is 0 Å². The van der Waals surface area contributed by atoms with Crippen LogP contribution >= 0.6 is 22.6 Å². The molecule has 0 saturated heterocycles. The first kappa shape index (κ1) is 10.7. The number of aryl methyl sites for hydroxylation is 1. The number of anilines is 1. The van der Waals surface area contributed by atoms with Crippen molar-refractivity contribution in [3.63, 3.8) is 0 Å². The third-order valence-corrected chi connectivity index (χ3v) is 2.94. The molecule has 0 radical (unpaired) electrons. The maximum atomic E-state index is 4.52. The zero-order valence-corrected chi connectivity index (χ0v) is 11.0. The van der Waals surface area contributed by atoms with Gasteiger partial charge in [-0.25, -0.2) is 0 Å². The predicted molar refractivity (Wildman–Crippen MR) is 73.4 cm³/mol. The van der Waals surface area contributed by atoms with E-state index in [-0.39, 0.29) is 0 Å². The molecule has 0 aliphatic rings. The fourth-order valence-corrected chi connectivity index (χ4v) is 2.16. The Hall–Kier alpha value is -0.840. The summed E-state index contributed by atoms with van der Waals surface area (Å²) in [4.78, 5) is 4.52. The Kier molecular flexibility index (Phi) is 3.09. The fourth-order valence-electron chi connectivity index (χ4n) is 1.67. The van der Waals surface area contributed by atoms with Crippen LogP contribution in [0, 0.1) is 10.5 Å². The van der Waals surface area contributed by atoms with E-state index in [9.17, 15) is 0 Å². The van der Waals surface area contributed by atoms with Crippen LogP contribution in [0.4, 0.5) is 5.69 Å². The number of pyridine rings is 1. The van der Waals surface area contributed by atoms with Crippen LogP contribution in [0.3, 0.4) is 0 Å². The lowest BCUT2D eigenvalue weighted by atomic mass is 10.1. The van der Waals surface area contributed by atoms with Gasteiger partial charge in [0.1, 0.15) is 0 Å². The van der Waals surface area contributed by atoms with Crippen molar-refractivity contribution in [3.8, 4) is 0 Å². The van der Waals surface area contributed by atoms with Crippen LogP contribution in [0.25, 0.3) is 10.9 Å². The van der Waals surface area contributed by atoms with E-state index in [1.54, 1.807) is 0 Å². The Morgan fingerprint density at radius 3 is 2.87 bits per heavy atom. The van der Waals surface area contributed by atoms with Gasteiger partial charge in [-0.15, -0.1) is 0 Å². The summed E-state index contributed by atoms with van der Waals surface area (Å²) < 4.78 is 1.24. The molecule has 0 aliphatic carbocycles. The lowest BCUT2D eigenvalue weighted by Gasteiger charge is -2.09. The molecule has 15 heavy (non-hydrogen) atoms. The second-order valence-corrected chi connectivity index (χ2v) is 4.75. The molecule has 1 aromatic carbocycles. The Labute approximate surface area is 103 Å². The normalized spacial score (nSPS) is 10.6. The predicted octanol–water partition coefficient (Wildman–Crippen LogP) is 3.58. The molecule has 78 valence electrons. The van der Waals surface area contributed by atoms with Crippen LogP contribution < -0.4 is 5.32 Å². The summed E-state index contributed by atoms with van der Waals surface area (Å²) in [5, 5.41) is 4.58. The zero-order chi connectivity index (χ0) is 10.8. The molecule has 0 aliphatic heterocycles. The molecule has 0 spiro atoms. The summed E-state index contributed by atoms with van der Waals surface area (Å²) >= 11 is 2.33. The summed E-state index contributed by atoms with van der Waals surface area (Å²) in [5.41, 5.74) is 3.30. The Balaban J connectivity index is 2.70. The Morgan fingerprint density at radius 2 is 2.13 bits per heavy atom. The number of fused-ring (bicyclic) bond motifs is 1. The molecule has 0 bridgehead atoms. The highest BCUT2D eigenvalue weighted by atomic mass is 127. The molecule has 2 aromatic rings. The van der Waals surface area contributed by atoms with Gasteiger partial charge in [0.25, 0.3) is 0 Å². The molecular formula is C12H13IN2. The van der Waals surface area contributed by atoms with E-state index in [2.05, 4.69) is 64.1 Å². The van der Waals surface area contributed by atoms with Crippen molar-refractivity contribution in [2.24, 2.45) is 0 Å². The maximum absolute atomic E-state index is 4.52. The molecular weight excluding hydrogens is 299 g/mol. The fraction of sp³-hybridized carbons (Fsp3) is 0.250. The first-order chi connectivity index (χ1) is 7.20. The number of rotatable bonds is 2. The number of halogens is 1. The number of nitrogens with one attached hydrogen (secondary N) is 1. The van der Waals surface area contributed by atoms with Crippen molar-refractivity contribution in [2.45, 2.75) is 13.8 Å². The lowest BCUT2D eigenvalue weighted by molar-refractivity contribution is 1.19. The number of aromatic nitrogens is 1. The highest BCUT2D eigenvalue weighted by molar-refractivity contribution is 14.1. The summed E-state index contributed by atoms with van der Waals surface area (Å²) in [6.07, 6.45) is 0. The summed E-state index contributed by atoms with van der Waals surface area (Å²) in [6, 6.07) is 8.43. The molecule has 3 heteroatoms. The van der Waals surface area contributed by atoms with Crippen molar-refractivity contribution in [3.05, 3.63) is 33.5 Å². The highest BCUT2D eigenvalue weighted by Crippen LogP contribution is 2.24. The van der Waals surface area contributed by atoms with Crippen LogP contribution in [-0.2, 0) is 0 Å². The monoisotopic (exact) mass is 312 g/mol. The van der Waals surface area contributed by atoms with Gasteiger partial charge in [0.05, 0.1) is 5.52 Å². The van der Waals surface area contributed by atoms with Gasteiger partial charge >= 0.3 is 0 Å². The zero-order valence-electron chi connectivity index (χ0n) is 8.84. The second kappa shape index (κ2) is 4.35. The highest BCUT2D eigenvalue weighted by Gasteiger charge is 2.03. The summed E-state index contributed by atoms with van der Waals surface area (Å²) in [6.45, 7) is 5.07. The van der Waals surface area contributed by atoms with E-state index in [0.29, 0.717) is 0 Å². The van der Waals surface area contributed by atoms with Gasteiger partial charge < -0.3 is 5.32 Å². The Bertz CT molecular complexity index is 494. The SMILES string of the molecule is CCNc1cc(C)nc2ccc(I)cc12. The average molecular weight is 312 g/mol. The van der Waals surface area contributed by atoms with Crippen LogP contribution in [0.1, 0.15) is 12.6 Å². The number of hydrogen-bond acceptors (Lipinski definition) is 2. The van der Waals surface area contributed by atoms with E-state index in [1.165, 1.54) is 14.6 Å². The minimum absolute atomic E-state index is 0.935. The molecule has 2 rings (SSSR count). The lowest BCUT2D eigenvalue weighted by Crippen LogP contribution is -1.99. The quantitative estimate of drug-likeness (QED) is 0.858. The van der Waals surface area contributed by atoms with Gasteiger partial charge in [0.15, 0.2) is 0 Å². The first-order valence-corrected chi connectivity index (χ1v) is 6.09. The van der Waals surface area contributed by atoms with Crippen LogP contribution in [0.15, 0.2) is 24.3 Å². The topological polar surface area (TPSA) is 24.9 Å². The second-order valence-electron chi connectivity index (χ2n) is 3.50. The van der Waals surface area contributed by atoms with Crippen LogP contribution in [0.2, 0.25) is 0 Å². The molecule has 1 N–H and O–H groups in total. The smallest absolute Gasteiger partial charge is 0.0726 e. The van der Waals surface area contributed by atoms with Crippen molar-refractivity contribution in [1.82, 2.24) is 4.98 Å². The largest absolute Gasteiger partial charge is 0.385 e. The van der Waals surface area contributed by atoms with Gasteiger partial charge in [-0.3, -0.25) is 4.98 Å². The van der Waals surface area contributed by atoms with E-state index in [0.717, 1.165) is 17.8 Å². The third-order valence-electron chi connectivity index (χ3n) is 2.27. The van der Waals surface area contributed by atoms with Gasteiger partial charge in [-0.05, 0) is 60.7 Å². The molecule has 0 atom stereocenters. The van der Waals surface area contributed by atoms with Crippen molar-refractivity contribution in [2.75, 3.05) is 11.9 Å². The van der Waals surface area contributed by atoms with Gasteiger partial charge in [-0.2, -0.15) is 0 Å². The molecule has 1 heterocycles. The maximum Gasteiger partial charge on any atom is 0.0726 e. The van der Waals surface area contributed by atoms with Gasteiger partial charge in [-0.1, -0.05) is 0 Å². The molecule has 0 unspecified atom stereocenters. The minimum atomic E-state index is 0.935. The summed E-state index contributed by atoms with van der Waals surface area (Å²) in [7, 11) is 0. The number of benzene rings is 1.